The Labute approximate surface area is 168 Å². The highest BCUT2D eigenvalue weighted by atomic mass is 16.5. The highest BCUT2D eigenvalue weighted by Gasteiger charge is 2.42. The van der Waals surface area contributed by atoms with Crippen LogP contribution in [0.25, 0.3) is 11.3 Å². The van der Waals surface area contributed by atoms with E-state index in [1.54, 1.807) is 32.4 Å². The number of H-pyrrole nitrogens is 1. The van der Waals surface area contributed by atoms with Gasteiger partial charge in [-0.25, -0.2) is 0 Å². The Morgan fingerprint density at radius 3 is 2.76 bits per heavy atom. The zero-order valence-electron chi connectivity index (χ0n) is 16.4. The molecule has 0 radical (unpaired) electrons. The number of phenols is 1. The number of ether oxygens (including phenoxy) is 2. The Morgan fingerprint density at radius 1 is 1.17 bits per heavy atom. The number of rotatable bonds is 7. The highest BCUT2D eigenvalue weighted by Crippen LogP contribution is 2.44. The number of carbonyl (C=O) groups excluding carboxylic acids is 1. The molecule has 1 aromatic heterocycles. The molecule has 2 heterocycles. The SMILES string of the molecule is COCCCN1C(=O)c2[nH]nc(-c3ccccc3O)c2[C@@H]1c1cccc(OC)c1. The van der Waals surface area contributed by atoms with Crippen LogP contribution >= 0.6 is 0 Å². The van der Waals surface area contributed by atoms with Gasteiger partial charge in [0.1, 0.15) is 22.9 Å². The first-order valence-corrected chi connectivity index (χ1v) is 9.46. The van der Waals surface area contributed by atoms with Gasteiger partial charge in [0.05, 0.1) is 13.2 Å². The molecule has 3 aromatic rings. The quantitative estimate of drug-likeness (QED) is 0.601. The van der Waals surface area contributed by atoms with Crippen LogP contribution in [0.4, 0.5) is 0 Å². The maximum Gasteiger partial charge on any atom is 0.273 e. The second kappa shape index (κ2) is 7.97. The minimum atomic E-state index is -0.335. The van der Waals surface area contributed by atoms with Crippen molar-refractivity contribution in [3.63, 3.8) is 0 Å². The van der Waals surface area contributed by atoms with Gasteiger partial charge < -0.3 is 19.5 Å². The molecule has 1 aliphatic rings. The standard InChI is InChI=1S/C22H23N3O4/c1-28-12-6-11-25-21(14-7-5-8-15(13-14)29-2)18-19(23-24-20(18)22(25)27)16-9-3-4-10-17(16)26/h3-5,7-10,13,21,26H,6,11-12H2,1-2H3,(H,23,24)/t21-/m0/s1. The van der Waals surface area contributed by atoms with Crippen LogP contribution in [0, 0.1) is 0 Å². The number of hydrogen-bond donors (Lipinski definition) is 2. The Hall–Kier alpha value is -3.32. The van der Waals surface area contributed by atoms with Crippen molar-refractivity contribution in [1.29, 1.82) is 0 Å². The summed E-state index contributed by atoms with van der Waals surface area (Å²) in [5.74, 6) is 0.724. The van der Waals surface area contributed by atoms with Gasteiger partial charge in [-0.2, -0.15) is 5.10 Å². The number of para-hydroxylation sites is 1. The second-order valence-electron chi connectivity index (χ2n) is 6.90. The Morgan fingerprint density at radius 2 is 2.00 bits per heavy atom. The molecule has 0 aliphatic carbocycles. The molecule has 0 spiro atoms. The number of hydrogen-bond acceptors (Lipinski definition) is 5. The molecule has 2 N–H and O–H groups in total. The predicted octanol–water partition coefficient (Wildman–Crippen LogP) is 3.37. The maximum atomic E-state index is 13.2. The van der Waals surface area contributed by atoms with Gasteiger partial charge in [-0.15, -0.1) is 0 Å². The third kappa shape index (κ3) is 3.34. The average molecular weight is 393 g/mol. The second-order valence-corrected chi connectivity index (χ2v) is 6.90. The number of benzene rings is 2. The van der Waals surface area contributed by atoms with Crippen molar-refractivity contribution < 1.29 is 19.4 Å². The molecular formula is C22H23N3O4. The summed E-state index contributed by atoms with van der Waals surface area (Å²) < 4.78 is 10.6. The van der Waals surface area contributed by atoms with Gasteiger partial charge in [0.15, 0.2) is 0 Å². The van der Waals surface area contributed by atoms with E-state index >= 15 is 0 Å². The van der Waals surface area contributed by atoms with Crippen LogP contribution in [0.3, 0.4) is 0 Å². The van der Waals surface area contributed by atoms with Crippen molar-refractivity contribution in [2.45, 2.75) is 12.5 Å². The minimum Gasteiger partial charge on any atom is -0.507 e. The number of methoxy groups -OCH3 is 2. The normalized spacial score (nSPS) is 15.6. The van der Waals surface area contributed by atoms with Crippen LogP contribution in [0.1, 0.15) is 34.1 Å². The van der Waals surface area contributed by atoms with Gasteiger partial charge in [-0.05, 0) is 36.2 Å². The van der Waals surface area contributed by atoms with Crippen LogP contribution in [-0.2, 0) is 4.74 Å². The zero-order chi connectivity index (χ0) is 20.4. The fraction of sp³-hybridized carbons (Fsp3) is 0.273. The Kier molecular flexibility index (Phi) is 5.22. The first kappa shape index (κ1) is 19.0. The van der Waals surface area contributed by atoms with E-state index < -0.39 is 0 Å². The summed E-state index contributed by atoms with van der Waals surface area (Å²) in [6, 6.07) is 14.4. The van der Waals surface area contributed by atoms with E-state index in [2.05, 4.69) is 10.2 Å². The van der Waals surface area contributed by atoms with Crippen molar-refractivity contribution in [2.24, 2.45) is 0 Å². The highest BCUT2D eigenvalue weighted by molar-refractivity contribution is 6.00. The van der Waals surface area contributed by atoms with Gasteiger partial charge in [0, 0.05) is 31.4 Å². The number of fused-ring (bicyclic) bond motifs is 1. The van der Waals surface area contributed by atoms with Crippen LogP contribution in [-0.4, -0.2) is 53.5 Å². The fourth-order valence-corrected chi connectivity index (χ4v) is 3.84. The van der Waals surface area contributed by atoms with E-state index in [1.165, 1.54) is 0 Å². The van der Waals surface area contributed by atoms with Gasteiger partial charge in [-0.1, -0.05) is 24.3 Å². The zero-order valence-corrected chi connectivity index (χ0v) is 16.4. The van der Waals surface area contributed by atoms with E-state index in [-0.39, 0.29) is 17.7 Å². The average Bonchev–Trinajstić information content (AvgIpc) is 3.28. The first-order valence-electron chi connectivity index (χ1n) is 9.46. The number of nitrogens with one attached hydrogen (secondary N) is 1. The van der Waals surface area contributed by atoms with Crippen LogP contribution in [0.15, 0.2) is 48.5 Å². The molecule has 2 aromatic carbocycles. The molecule has 0 saturated heterocycles. The molecule has 1 aliphatic heterocycles. The summed E-state index contributed by atoms with van der Waals surface area (Å²) in [4.78, 5) is 15.0. The van der Waals surface area contributed by atoms with Crippen LogP contribution in [0.2, 0.25) is 0 Å². The summed E-state index contributed by atoms with van der Waals surface area (Å²) in [6.07, 6.45) is 0.715. The van der Waals surface area contributed by atoms with Gasteiger partial charge in [-0.3, -0.25) is 9.89 Å². The summed E-state index contributed by atoms with van der Waals surface area (Å²) in [5, 5.41) is 17.6. The fourth-order valence-electron chi connectivity index (χ4n) is 3.84. The molecule has 0 saturated carbocycles. The molecule has 150 valence electrons. The van der Waals surface area contributed by atoms with Gasteiger partial charge in [0.25, 0.3) is 5.91 Å². The summed E-state index contributed by atoms with van der Waals surface area (Å²) >= 11 is 0. The third-order valence-corrected chi connectivity index (χ3v) is 5.18. The van der Waals surface area contributed by atoms with E-state index in [9.17, 15) is 9.90 Å². The number of phenolic OH excluding ortho intramolecular Hbond substituents is 1. The number of aromatic amines is 1. The monoisotopic (exact) mass is 393 g/mol. The van der Waals surface area contributed by atoms with Gasteiger partial charge in [0.2, 0.25) is 0 Å². The third-order valence-electron chi connectivity index (χ3n) is 5.18. The summed E-state index contributed by atoms with van der Waals surface area (Å²) in [6.45, 7) is 1.10. The molecule has 1 amide bonds. The summed E-state index contributed by atoms with van der Waals surface area (Å²) in [7, 11) is 3.26. The van der Waals surface area contributed by atoms with E-state index in [0.717, 1.165) is 11.1 Å². The van der Waals surface area contributed by atoms with E-state index in [1.807, 2.05) is 35.2 Å². The number of aromatic hydroxyl groups is 1. The van der Waals surface area contributed by atoms with Crippen molar-refractivity contribution in [3.05, 3.63) is 65.4 Å². The van der Waals surface area contributed by atoms with Crippen molar-refractivity contribution in [3.8, 4) is 22.8 Å². The molecule has 0 bridgehead atoms. The Bertz CT molecular complexity index is 1030. The summed E-state index contributed by atoms with van der Waals surface area (Å²) in [5.41, 5.74) is 3.31. The van der Waals surface area contributed by atoms with Crippen LogP contribution in [0.5, 0.6) is 11.5 Å². The number of aromatic nitrogens is 2. The molecule has 0 fully saturated rings. The predicted molar refractivity (Wildman–Crippen MR) is 108 cm³/mol. The van der Waals surface area contributed by atoms with Gasteiger partial charge >= 0.3 is 0 Å². The Balaban J connectivity index is 1.85. The maximum absolute atomic E-state index is 13.2. The minimum absolute atomic E-state index is 0.113. The molecule has 7 nitrogen and oxygen atoms in total. The first-order chi connectivity index (χ1) is 14.2. The number of nitrogens with zero attached hydrogens (tertiary/aromatic N) is 2. The molecule has 29 heavy (non-hydrogen) atoms. The van der Waals surface area contributed by atoms with Crippen molar-refractivity contribution >= 4 is 5.91 Å². The van der Waals surface area contributed by atoms with Crippen molar-refractivity contribution in [2.75, 3.05) is 27.4 Å². The lowest BCUT2D eigenvalue weighted by atomic mass is 9.95. The topological polar surface area (TPSA) is 87.7 Å². The largest absolute Gasteiger partial charge is 0.507 e. The lowest BCUT2D eigenvalue weighted by molar-refractivity contribution is 0.0723. The molecule has 0 unspecified atom stereocenters. The lowest BCUT2D eigenvalue weighted by Gasteiger charge is -2.26. The molecule has 7 heteroatoms. The molecule has 4 rings (SSSR count). The number of carbonyl (C=O) groups is 1. The smallest absolute Gasteiger partial charge is 0.273 e. The van der Waals surface area contributed by atoms with Crippen LogP contribution < -0.4 is 4.74 Å². The van der Waals surface area contributed by atoms with Crippen molar-refractivity contribution in [1.82, 2.24) is 15.1 Å². The number of amides is 1. The molecular weight excluding hydrogens is 370 g/mol. The van der Waals surface area contributed by atoms with E-state index in [4.69, 9.17) is 9.47 Å². The lowest BCUT2D eigenvalue weighted by Crippen LogP contribution is -2.31. The molecule has 1 atom stereocenters. The van der Waals surface area contributed by atoms with E-state index in [0.29, 0.717) is 42.3 Å².